The first-order valence-corrected chi connectivity index (χ1v) is 10.8. The van der Waals surface area contributed by atoms with Crippen LogP contribution in [-0.4, -0.2) is 39.2 Å². The minimum atomic E-state index is -4.72. The molecule has 34 heavy (non-hydrogen) atoms. The molecule has 0 radical (unpaired) electrons. The van der Waals surface area contributed by atoms with Gasteiger partial charge in [0.15, 0.2) is 0 Å². The highest BCUT2D eigenvalue weighted by atomic mass is 32.2. The van der Waals surface area contributed by atoms with Crippen LogP contribution in [0.25, 0.3) is 5.69 Å². The Morgan fingerprint density at radius 2 is 1.97 bits per heavy atom. The summed E-state index contributed by atoms with van der Waals surface area (Å²) in [6.07, 6.45) is -3.77. The van der Waals surface area contributed by atoms with E-state index < -0.39 is 22.4 Å². The minimum absolute atomic E-state index is 0.0219. The van der Waals surface area contributed by atoms with E-state index in [-0.39, 0.29) is 16.0 Å². The van der Waals surface area contributed by atoms with E-state index >= 15 is 0 Å². The van der Waals surface area contributed by atoms with Crippen LogP contribution < -0.4 is 10.1 Å². The van der Waals surface area contributed by atoms with Gasteiger partial charge in [-0.05, 0) is 42.4 Å². The lowest BCUT2D eigenvalue weighted by molar-refractivity contribution is -0.388. The van der Waals surface area contributed by atoms with Crippen LogP contribution in [0.15, 0.2) is 52.5 Å². The molecule has 3 aromatic rings. The normalized spacial score (nSPS) is 11.3. The standard InChI is InChI=1S/C21H20F3N5O4S/c1-13(30)25-11-5-8-19-26-27-20(28(19)15-6-3-4-7-17(15)33-2)34-18-10-9-14(21(22,23)24)12-16(18)29(31)32/h3-4,6-7,9-10,12H,5,8,11H2,1-2H3,(H,25,30). The van der Waals surface area contributed by atoms with Crippen molar-refractivity contribution in [3.63, 3.8) is 0 Å². The van der Waals surface area contributed by atoms with E-state index in [0.717, 1.165) is 23.9 Å². The minimum Gasteiger partial charge on any atom is -0.495 e. The quantitative estimate of drug-likeness (QED) is 0.266. The number of nitro groups is 1. The SMILES string of the molecule is COc1ccccc1-n1c(CCCNC(C)=O)nnc1Sc1ccc(C(F)(F)F)cc1[N+](=O)[O-]. The summed E-state index contributed by atoms with van der Waals surface area (Å²) in [4.78, 5) is 21.7. The first kappa shape index (κ1) is 25.0. The van der Waals surface area contributed by atoms with Crippen molar-refractivity contribution >= 4 is 23.4 Å². The van der Waals surface area contributed by atoms with Crippen LogP contribution in [0.5, 0.6) is 5.75 Å². The van der Waals surface area contributed by atoms with E-state index in [4.69, 9.17) is 4.74 Å². The van der Waals surface area contributed by atoms with Crippen molar-refractivity contribution in [1.82, 2.24) is 20.1 Å². The zero-order valence-electron chi connectivity index (χ0n) is 18.1. The fourth-order valence-corrected chi connectivity index (χ4v) is 4.06. The van der Waals surface area contributed by atoms with Gasteiger partial charge in [0, 0.05) is 26.0 Å². The number of nitrogens with one attached hydrogen (secondary N) is 1. The molecule has 3 rings (SSSR count). The number of halogens is 3. The summed E-state index contributed by atoms with van der Waals surface area (Å²) < 4.78 is 46.3. The Hall–Kier alpha value is -3.61. The van der Waals surface area contributed by atoms with Gasteiger partial charge in [0.25, 0.3) is 5.69 Å². The van der Waals surface area contributed by atoms with Crippen LogP contribution >= 0.6 is 11.8 Å². The molecular formula is C21H20F3N5O4S. The van der Waals surface area contributed by atoms with Crippen LogP contribution in [0.2, 0.25) is 0 Å². The summed E-state index contributed by atoms with van der Waals surface area (Å²) in [5.74, 6) is 0.804. The number of hydrogen-bond donors (Lipinski definition) is 1. The van der Waals surface area contributed by atoms with Gasteiger partial charge in [-0.3, -0.25) is 19.5 Å². The molecule has 0 aliphatic carbocycles. The highest BCUT2D eigenvalue weighted by Gasteiger charge is 2.33. The Labute approximate surface area is 196 Å². The first-order valence-electron chi connectivity index (χ1n) is 9.97. The third kappa shape index (κ3) is 5.84. The molecule has 1 aromatic heterocycles. The fourth-order valence-electron chi connectivity index (χ4n) is 3.12. The molecule has 9 nitrogen and oxygen atoms in total. The van der Waals surface area contributed by atoms with Gasteiger partial charge < -0.3 is 10.1 Å². The number of carbonyl (C=O) groups is 1. The molecule has 2 aromatic carbocycles. The van der Waals surface area contributed by atoms with E-state index in [9.17, 15) is 28.1 Å². The molecular weight excluding hydrogens is 475 g/mol. The number of benzene rings is 2. The molecule has 1 N–H and O–H groups in total. The maximum Gasteiger partial charge on any atom is 0.416 e. The topological polar surface area (TPSA) is 112 Å². The summed E-state index contributed by atoms with van der Waals surface area (Å²) >= 11 is 0.823. The first-order chi connectivity index (χ1) is 16.1. The summed E-state index contributed by atoms with van der Waals surface area (Å²) in [6.45, 7) is 1.81. The van der Waals surface area contributed by atoms with Crippen LogP contribution in [0.4, 0.5) is 18.9 Å². The van der Waals surface area contributed by atoms with Gasteiger partial charge in [-0.2, -0.15) is 13.2 Å². The number of nitrogens with zero attached hydrogens (tertiary/aromatic N) is 4. The number of amides is 1. The lowest BCUT2D eigenvalue weighted by Gasteiger charge is -2.14. The molecule has 0 spiro atoms. The number of methoxy groups -OCH3 is 1. The average Bonchev–Trinajstić information content (AvgIpc) is 3.17. The van der Waals surface area contributed by atoms with Crippen molar-refractivity contribution in [3.05, 3.63) is 64.0 Å². The summed E-state index contributed by atoms with van der Waals surface area (Å²) in [6, 6.07) is 9.30. The molecule has 0 unspecified atom stereocenters. The third-order valence-electron chi connectivity index (χ3n) is 4.66. The Bertz CT molecular complexity index is 1200. The number of aryl methyl sites for hydroxylation is 1. The smallest absolute Gasteiger partial charge is 0.416 e. The maximum atomic E-state index is 13.1. The van der Waals surface area contributed by atoms with Gasteiger partial charge in [0.05, 0.1) is 28.2 Å². The molecule has 13 heteroatoms. The Morgan fingerprint density at radius 1 is 1.24 bits per heavy atom. The van der Waals surface area contributed by atoms with Gasteiger partial charge >= 0.3 is 6.18 Å². The molecule has 0 bridgehead atoms. The van der Waals surface area contributed by atoms with Crippen molar-refractivity contribution in [3.8, 4) is 11.4 Å². The average molecular weight is 495 g/mol. The number of nitro benzene ring substituents is 1. The highest BCUT2D eigenvalue weighted by molar-refractivity contribution is 7.99. The predicted octanol–water partition coefficient (Wildman–Crippen LogP) is 4.42. The van der Waals surface area contributed by atoms with Crippen LogP contribution in [0.1, 0.15) is 24.7 Å². The monoisotopic (exact) mass is 495 g/mol. The van der Waals surface area contributed by atoms with E-state index in [2.05, 4.69) is 15.5 Å². The zero-order valence-corrected chi connectivity index (χ0v) is 18.9. The van der Waals surface area contributed by atoms with Crippen LogP contribution in [0.3, 0.4) is 0 Å². The van der Waals surface area contributed by atoms with Crippen molar-refractivity contribution in [1.29, 1.82) is 0 Å². The molecule has 0 fully saturated rings. The Balaban J connectivity index is 2.03. The van der Waals surface area contributed by atoms with Gasteiger partial charge in [-0.1, -0.05) is 12.1 Å². The maximum absolute atomic E-state index is 13.1. The molecule has 0 saturated carbocycles. The predicted molar refractivity (Wildman–Crippen MR) is 117 cm³/mol. The lowest BCUT2D eigenvalue weighted by Crippen LogP contribution is -2.21. The van der Waals surface area contributed by atoms with Gasteiger partial charge in [0.2, 0.25) is 11.1 Å². The molecule has 180 valence electrons. The Kier molecular flexibility index (Phi) is 7.76. The summed E-state index contributed by atoms with van der Waals surface area (Å²) in [7, 11) is 1.48. The van der Waals surface area contributed by atoms with Crippen molar-refractivity contribution in [2.75, 3.05) is 13.7 Å². The van der Waals surface area contributed by atoms with Gasteiger partial charge in [0.1, 0.15) is 11.6 Å². The zero-order chi connectivity index (χ0) is 24.9. The third-order valence-corrected chi connectivity index (χ3v) is 5.67. The number of rotatable bonds is 9. The number of hydrogen-bond acceptors (Lipinski definition) is 7. The van der Waals surface area contributed by atoms with Crippen molar-refractivity contribution in [2.45, 2.75) is 36.0 Å². The van der Waals surface area contributed by atoms with Crippen molar-refractivity contribution in [2.24, 2.45) is 0 Å². The molecule has 0 saturated heterocycles. The lowest BCUT2D eigenvalue weighted by atomic mass is 10.2. The van der Waals surface area contributed by atoms with E-state index in [0.29, 0.717) is 42.7 Å². The van der Waals surface area contributed by atoms with Crippen LogP contribution in [-0.2, 0) is 17.4 Å². The number of alkyl halides is 3. The Morgan fingerprint density at radius 3 is 2.62 bits per heavy atom. The molecule has 0 aliphatic heterocycles. The van der Waals surface area contributed by atoms with Crippen LogP contribution in [0, 0.1) is 10.1 Å². The second-order valence-corrected chi connectivity index (χ2v) is 8.04. The summed E-state index contributed by atoms with van der Waals surface area (Å²) in [5, 5.41) is 22.7. The fraction of sp³-hybridized carbons (Fsp3) is 0.286. The summed E-state index contributed by atoms with van der Waals surface area (Å²) in [5.41, 5.74) is -1.25. The number of carbonyl (C=O) groups excluding carboxylic acids is 1. The molecule has 0 atom stereocenters. The molecule has 1 amide bonds. The molecule has 1 heterocycles. The number of ether oxygens (including phenoxy) is 1. The highest BCUT2D eigenvalue weighted by Crippen LogP contribution is 2.40. The van der Waals surface area contributed by atoms with Crippen molar-refractivity contribution < 1.29 is 27.6 Å². The van der Waals surface area contributed by atoms with Gasteiger partial charge in [-0.25, -0.2) is 0 Å². The van der Waals surface area contributed by atoms with E-state index in [1.807, 2.05) is 0 Å². The van der Waals surface area contributed by atoms with E-state index in [1.54, 1.807) is 28.8 Å². The molecule has 0 aliphatic rings. The second kappa shape index (κ2) is 10.5. The largest absolute Gasteiger partial charge is 0.495 e. The van der Waals surface area contributed by atoms with E-state index in [1.165, 1.54) is 14.0 Å². The van der Waals surface area contributed by atoms with Gasteiger partial charge in [-0.15, -0.1) is 10.2 Å². The number of aromatic nitrogens is 3. The second-order valence-electron chi connectivity index (χ2n) is 7.03. The number of para-hydroxylation sites is 2.